The van der Waals surface area contributed by atoms with E-state index in [2.05, 4.69) is 39.6 Å². The number of amides is 1. The minimum atomic E-state index is -0.0641. The van der Waals surface area contributed by atoms with Crippen molar-refractivity contribution < 1.29 is 4.79 Å². The number of nitrogens with zero attached hydrogens (tertiary/aromatic N) is 2. The second kappa shape index (κ2) is 5.84. The van der Waals surface area contributed by atoms with Crippen LogP contribution in [0.2, 0.25) is 0 Å². The molecule has 20 heavy (non-hydrogen) atoms. The molecular formula is C15H23N3OS. The van der Waals surface area contributed by atoms with Gasteiger partial charge in [-0.05, 0) is 43.8 Å². The number of hydrogen-bond acceptors (Lipinski definition) is 4. The molecule has 3 unspecified atom stereocenters. The van der Waals surface area contributed by atoms with E-state index in [4.69, 9.17) is 0 Å². The average molecular weight is 293 g/mol. The molecule has 2 aliphatic heterocycles. The highest BCUT2D eigenvalue weighted by atomic mass is 32.1. The standard InChI is InChI=1S/C15H23N3OS/c1-3-17-7-6-12(9-17)10-18-14(13-5-4-8-20-13)16-11(2)15(18)19/h4-5,8,11-12,14,16H,3,6-7,9-10H2,1-2H3. The Morgan fingerprint density at radius 2 is 2.35 bits per heavy atom. The molecule has 1 aromatic heterocycles. The Bertz CT molecular complexity index is 462. The zero-order valence-corrected chi connectivity index (χ0v) is 13.0. The van der Waals surface area contributed by atoms with Crippen molar-refractivity contribution in [1.29, 1.82) is 0 Å². The van der Waals surface area contributed by atoms with Crippen LogP contribution in [0.5, 0.6) is 0 Å². The SMILES string of the molecule is CCN1CCC(CN2C(=O)C(C)NC2c2cccs2)C1. The van der Waals surface area contributed by atoms with Crippen molar-refractivity contribution in [2.24, 2.45) is 5.92 Å². The van der Waals surface area contributed by atoms with Crippen molar-refractivity contribution >= 4 is 17.2 Å². The summed E-state index contributed by atoms with van der Waals surface area (Å²) < 4.78 is 0. The maximum absolute atomic E-state index is 12.4. The third kappa shape index (κ3) is 2.62. The van der Waals surface area contributed by atoms with Crippen LogP contribution < -0.4 is 5.32 Å². The lowest BCUT2D eigenvalue weighted by molar-refractivity contribution is -0.130. The molecule has 0 radical (unpaired) electrons. The summed E-state index contributed by atoms with van der Waals surface area (Å²) in [6.45, 7) is 8.49. The van der Waals surface area contributed by atoms with Crippen molar-refractivity contribution in [2.45, 2.75) is 32.5 Å². The molecule has 0 saturated carbocycles. The summed E-state index contributed by atoms with van der Waals surface area (Å²) in [4.78, 5) is 18.2. The molecular weight excluding hydrogens is 270 g/mol. The first-order chi connectivity index (χ1) is 9.69. The number of carbonyl (C=O) groups is 1. The van der Waals surface area contributed by atoms with Crippen molar-refractivity contribution in [3.05, 3.63) is 22.4 Å². The Balaban J connectivity index is 1.70. The van der Waals surface area contributed by atoms with Crippen LogP contribution in [0.15, 0.2) is 17.5 Å². The summed E-state index contributed by atoms with van der Waals surface area (Å²) >= 11 is 1.72. The highest BCUT2D eigenvalue weighted by molar-refractivity contribution is 7.10. The van der Waals surface area contributed by atoms with E-state index < -0.39 is 0 Å². The topological polar surface area (TPSA) is 35.6 Å². The van der Waals surface area contributed by atoms with Crippen molar-refractivity contribution in [3.8, 4) is 0 Å². The van der Waals surface area contributed by atoms with Crippen molar-refractivity contribution in [1.82, 2.24) is 15.1 Å². The molecule has 4 nitrogen and oxygen atoms in total. The zero-order valence-electron chi connectivity index (χ0n) is 12.2. The molecule has 0 bridgehead atoms. The van der Waals surface area contributed by atoms with Gasteiger partial charge in [-0.15, -0.1) is 11.3 Å². The summed E-state index contributed by atoms with van der Waals surface area (Å²) in [5.41, 5.74) is 0. The minimum Gasteiger partial charge on any atom is -0.320 e. The maximum Gasteiger partial charge on any atom is 0.241 e. The Morgan fingerprint density at radius 3 is 3.00 bits per heavy atom. The van der Waals surface area contributed by atoms with Crippen LogP contribution in [0.1, 0.15) is 31.3 Å². The van der Waals surface area contributed by atoms with Crippen LogP contribution in [0.25, 0.3) is 0 Å². The Labute approximate surface area is 124 Å². The van der Waals surface area contributed by atoms with Gasteiger partial charge in [-0.2, -0.15) is 0 Å². The molecule has 2 aliphatic rings. The highest BCUT2D eigenvalue weighted by Crippen LogP contribution is 2.30. The number of nitrogens with one attached hydrogen (secondary N) is 1. The number of hydrogen-bond donors (Lipinski definition) is 1. The number of carbonyl (C=O) groups excluding carboxylic acids is 1. The molecule has 0 aromatic carbocycles. The zero-order chi connectivity index (χ0) is 14.1. The van der Waals surface area contributed by atoms with E-state index in [1.165, 1.54) is 17.8 Å². The summed E-state index contributed by atoms with van der Waals surface area (Å²) in [5, 5.41) is 5.51. The Kier molecular flexibility index (Phi) is 4.10. The van der Waals surface area contributed by atoms with Crippen molar-refractivity contribution in [3.63, 3.8) is 0 Å². The van der Waals surface area contributed by atoms with E-state index in [0.717, 1.165) is 19.6 Å². The minimum absolute atomic E-state index is 0.0641. The van der Waals surface area contributed by atoms with Crippen molar-refractivity contribution in [2.75, 3.05) is 26.2 Å². The van der Waals surface area contributed by atoms with E-state index in [9.17, 15) is 4.79 Å². The van der Waals surface area contributed by atoms with Gasteiger partial charge >= 0.3 is 0 Å². The van der Waals surface area contributed by atoms with Gasteiger partial charge in [0.2, 0.25) is 5.91 Å². The predicted molar refractivity (Wildman–Crippen MR) is 81.6 cm³/mol. The first-order valence-electron chi connectivity index (χ1n) is 7.51. The fraction of sp³-hybridized carbons (Fsp3) is 0.667. The smallest absolute Gasteiger partial charge is 0.241 e. The lowest BCUT2D eigenvalue weighted by atomic mass is 10.1. The normalized spacial score (nSPS) is 31.4. The Morgan fingerprint density at radius 1 is 1.50 bits per heavy atom. The van der Waals surface area contributed by atoms with Gasteiger partial charge in [-0.25, -0.2) is 0 Å². The third-order valence-corrected chi connectivity index (χ3v) is 5.38. The van der Waals surface area contributed by atoms with Gasteiger partial charge in [-0.1, -0.05) is 13.0 Å². The number of likely N-dealkylation sites (tertiary alicyclic amines) is 1. The molecule has 1 aromatic rings. The molecule has 110 valence electrons. The molecule has 3 atom stereocenters. The second-order valence-corrected chi connectivity index (χ2v) is 6.82. The third-order valence-electron chi connectivity index (χ3n) is 4.46. The molecule has 0 spiro atoms. The molecule has 1 amide bonds. The fourth-order valence-electron chi connectivity index (χ4n) is 3.28. The molecule has 2 fully saturated rings. The largest absolute Gasteiger partial charge is 0.320 e. The van der Waals surface area contributed by atoms with Gasteiger partial charge in [-0.3, -0.25) is 10.1 Å². The van der Waals surface area contributed by atoms with Gasteiger partial charge in [0.05, 0.1) is 6.04 Å². The van der Waals surface area contributed by atoms with Crippen LogP contribution in [0.4, 0.5) is 0 Å². The lowest BCUT2D eigenvalue weighted by Gasteiger charge is -2.26. The quantitative estimate of drug-likeness (QED) is 0.921. The molecule has 5 heteroatoms. The van der Waals surface area contributed by atoms with Gasteiger partial charge in [0.25, 0.3) is 0 Å². The Hall–Kier alpha value is -0.910. The van der Waals surface area contributed by atoms with Gasteiger partial charge in [0, 0.05) is 18.0 Å². The number of rotatable bonds is 4. The molecule has 2 saturated heterocycles. The summed E-state index contributed by atoms with van der Waals surface area (Å²) in [7, 11) is 0. The average Bonchev–Trinajstić information content (AvgIpc) is 3.16. The van der Waals surface area contributed by atoms with Crippen LogP contribution in [-0.2, 0) is 4.79 Å². The van der Waals surface area contributed by atoms with E-state index >= 15 is 0 Å². The fourth-order valence-corrected chi connectivity index (χ4v) is 4.07. The molecule has 3 rings (SSSR count). The van der Waals surface area contributed by atoms with Gasteiger partial charge < -0.3 is 9.80 Å². The molecule has 3 heterocycles. The van der Waals surface area contributed by atoms with Crippen LogP contribution in [-0.4, -0.2) is 47.9 Å². The monoisotopic (exact) mass is 293 g/mol. The number of thiophene rings is 1. The first kappa shape index (κ1) is 14.0. The van der Waals surface area contributed by atoms with Crippen LogP contribution >= 0.6 is 11.3 Å². The maximum atomic E-state index is 12.4. The first-order valence-corrected chi connectivity index (χ1v) is 8.39. The highest BCUT2D eigenvalue weighted by Gasteiger charge is 2.39. The second-order valence-electron chi connectivity index (χ2n) is 5.84. The van der Waals surface area contributed by atoms with Gasteiger partial charge in [0.1, 0.15) is 6.17 Å². The molecule has 1 N–H and O–H groups in total. The van der Waals surface area contributed by atoms with E-state index in [1.54, 1.807) is 11.3 Å². The predicted octanol–water partition coefficient (Wildman–Crippen LogP) is 1.91. The van der Waals surface area contributed by atoms with E-state index in [0.29, 0.717) is 5.92 Å². The van der Waals surface area contributed by atoms with E-state index in [-0.39, 0.29) is 18.1 Å². The summed E-state index contributed by atoms with van der Waals surface area (Å²) in [5.74, 6) is 0.867. The van der Waals surface area contributed by atoms with Crippen LogP contribution in [0, 0.1) is 5.92 Å². The summed E-state index contributed by atoms with van der Waals surface area (Å²) in [6, 6.07) is 4.11. The molecule has 0 aliphatic carbocycles. The summed E-state index contributed by atoms with van der Waals surface area (Å²) in [6.07, 6.45) is 1.29. The van der Waals surface area contributed by atoms with Crippen LogP contribution in [0.3, 0.4) is 0 Å². The van der Waals surface area contributed by atoms with E-state index in [1.807, 2.05) is 6.92 Å². The van der Waals surface area contributed by atoms with Gasteiger partial charge in [0.15, 0.2) is 0 Å². The lowest BCUT2D eigenvalue weighted by Crippen LogP contribution is -2.35.